The number of nitrogens with one attached hydrogen (secondary N) is 1. The minimum absolute atomic E-state index is 0.825. The van der Waals surface area contributed by atoms with Crippen molar-refractivity contribution < 1.29 is 4.52 Å². The molecule has 1 N–H and O–H groups in total. The molecule has 2 atom stereocenters. The van der Waals surface area contributed by atoms with Crippen LogP contribution in [0.1, 0.15) is 5.76 Å². The average Bonchev–Trinajstić information content (AvgIpc) is 3.16. The summed E-state index contributed by atoms with van der Waals surface area (Å²) in [6, 6.07) is 12.3. The van der Waals surface area contributed by atoms with Gasteiger partial charge in [-0.05, 0) is 24.9 Å². The summed E-state index contributed by atoms with van der Waals surface area (Å²) in [6.45, 7) is 5.59. The van der Waals surface area contributed by atoms with Crippen molar-refractivity contribution in [3.63, 3.8) is 0 Å². The molecule has 2 aromatic rings. The number of fused-ring (bicyclic) bond motifs is 1. The molecule has 0 saturated carbocycles. The molecular weight excluding hydrogens is 250 g/mol. The van der Waals surface area contributed by atoms with E-state index in [1.807, 2.05) is 18.2 Å². The van der Waals surface area contributed by atoms with Gasteiger partial charge in [0.05, 0.1) is 6.54 Å². The van der Waals surface area contributed by atoms with Gasteiger partial charge in [-0.2, -0.15) is 0 Å². The number of likely N-dealkylation sites (tertiary alicyclic amines) is 1. The van der Waals surface area contributed by atoms with Gasteiger partial charge in [0.15, 0.2) is 5.76 Å². The second kappa shape index (κ2) is 5.04. The third-order valence-electron chi connectivity index (χ3n) is 4.47. The van der Waals surface area contributed by atoms with E-state index in [0.29, 0.717) is 0 Å². The Labute approximate surface area is 118 Å². The topological polar surface area (TPSA) is 41.3 Å². The first-order valence-corrected chi connectivity index (χ1v) is 7.32. The molecular formula is C16H19N3O. The Hall–Kier alpha value is -1.65. The summed E-state index contributed by atoms with van der Waals surface area (Å²) in [4.78, 5) is 2.49. The molecule has 104 valence electrons. The third kappa shape index (κ3) is 2.25. The zero-order chi connectivity index (χ0) is 13.4. The Morgan fingerprint density at radius 3 is 2.65 bits per heavy atom. The molecule has 4 heteroatoms. The van der Waals surface area contributed by atoms with Gasteiger partial charge in [0, 0.05) is 24.7 Å². The Morgan fingerprint density at radius 1 is 1.15 bits per heavy atom. The lowest BCUT2D eigenvalue weighted by atomic mass is 10.0. The molecule has 0 radical (unpaired) electrons. The predicted molar refractivity (Wildman–Crippen MR) is 77.1 cm³/mol. The van der Waals surface area contributed by atoms with E-state index in [4.69, 9.17) is 4.52 Å². The molecule has 0 unspecified atom stereocenters. The van der Waals surface area contributed by atoms with Crippen LogP contribution in [0.5, 0.6) is 0 Å². The highest BCUT2D eigenvalue weighted by atomic mass is 16.5. The summed E-state index contributed by atoms with van der Waals surface area (Å²) in [7, 11) is 0. The van der Waals surface area contributed by atoms with E-state index in [2.05, 4.69) is 33.6 Å². The first kappa shape index (κ1) is 12.1. The van der Waals surface area contributed by atoms with Crippen LogP contribution in [-0.2, 0) is 6.54 Å². The smallest absolute Gasteiger partial charge is 0.151 e. The summed E-state index contributed by atoms with van der Waals surface area (Å²) in [5.41, 5.74) is 2.05. The maximum absolute atomic E-state index is 5.50. The third-order valence-corrected chi connectivity index (χ3v) is 4.47. The van der Waals surface area contributed by atoms with Gasteiger partial charge >= 0.3 is 0 Å². The van der Waals surface area contributed by atoms with E-state index in [1.54, 1.807) is 0 Å². The van der Waals surface area contributed by atoms with Gasteiger partial charge in [-0.25, -0.2) is 0 Å². The fourth-order valence-corrected chi connectivity index (χ4v) is 3.43. The number of aromatic nitrogens is 1. The molecule has 2 fully saturated rings. The lowest BCUT2D eigenvalue weighted by Gasteiger charge is -2.14. The van der Waals surface area contributed by atoms with Crippen molar-refractivity contribution in [2.45, 2.75) is 6.54 Å². The van der Waals surface area contributed by atoms with Crippen molar-refractivity contribution in [1.29, 1.82) is 0 Å². The van der Waals surface area contributed by atoms with E-state index in [-0.39, 0.29) is 0 Å². The van der Waals surface area contributed by atoms with E-state index in [9.17, 15) is 0 Å². The van der Waals surface area contributed by atoms with E-state index >= 15 is 0 Å². The van der Waals surface area contributed by atoms with Gasteiger partial charge in [-0.1, -0.05) is 35.5 Å². The van der Waals surface area contributed by atoms with Crippen LogP contribution in [0.4, 0.5) is 0 Å². The molecule has 20 heavy (non-hydrogen) atoms. The highest BCUT2D eigenvalue weighted by molar-refractivity contribution is 5.58. The molecule has 1 aromatic heterocycles. The van der Waals surface area contributed by atoms with Crippen LogP contribution >= 0.6 is 0 Å². The molecule has 3 heterocycles. The Morgan fingerprint density at radius 2 is 1.90 bits per heavy atom. The lowest BCUT2D eigenvalue weighted by molar-refractivity contribution is 0.259. The van der Waals surface area contributed by atoms with Gasteiger partial charge in [-0.3, -0.25) is 4.90 Å². The van der Waals surface area contributed by atoms with Crippen molar-refractivity contribution >= 4 is 0 Å². The van der Waals surface area contributed by atoms with Crippen molar-refractivity contribution in [2.75, 3.05) is 26.2 Å². The van der Waals surface area contributed by atoms with E-state index in [1.165, 1.54) is 26.2 Å². The van der Waals surface area contributed by atoms with Crippen molar-refractivity contribution in [1.82, 2.24) is 15.4 Å². The number of nitrogens with zero attached hydrogens (tertiary/aromatic N) is 2. The van der Waals surface area contributed by atoms with E-state index in [0.717, 1.165) is 35.4 Å². The highest BCUT2D eigenvalue weighted by Gasteiger charge is 2.36. The van der Waals surface area contributed by atoms with Crippen LogP contribution < -0.4 is 5.32 Å². The summed E-state index contributed by atoms with van der Waals surface area (Å²) in [5.74, 6) is 2.62. The van der Waals surface area contributed by atoms with Gasteiger partial charge in [0.2, 0.25) is 0 Å². The second-order valence-corrected chi connectivity index (χ2v) is 5.92. The SMILES string of the molecule is c1ccc(-c2cc(CN3C[C@H]4CNC[C@H]4C3)on2)cc1. The molecule has 2 aliphatic rings. The van der Waals surface area contributed by atoms with Crippen LogP contribution in [-0.4, -0.2) is 36.2 Å². The zero-order valence-corrected chi connectivity index (χ0v) is 11.5. The predicted octanol–water partition coefficient (Wildman–Crippen LogP) is 1.99. The fraction of sp³-hybridized carbons (Fsp3) is 0.438. The Balaban J connectivity index is 1.44. The molecule has 0 aliphatic carbocycles. The van der Waals surface area contributed by atoms with Gasteiger partial charge in [0.1, 0.15) is 5.69 Å². The minimum atomic E-state index is 0.825. The number of hydrogen-bond donors (Lipinski definition) is 1. The molecule has 0 amide bonds. The molecule has 0 spiro atoms. The molecule has 2 aliphatic heterocycles. The number of rotatable bonds is 3. The lowest BCUT2D eigenvalue weighted by Crippen LogP contribution is -2.25. The molecule has 2 saturated heterocycles. The Kier molecular flexibility index (Phi) is 3.05. The van der Waals surface area contributed by atoms with Crippen LogP contribution in [0, 0.1) is 11.8 Å². The van der Waals surface area contributed by atoms with Crippen molar-refractivity contribution in [2.24, 2.45) is 11.8 Å². The summed E-state index contributed by atoms with van der Waals surface area (Å²) >= 11 is 0. The normalized spacial score (nSPS) is 26.0. The quantitative estimate of drug-likeness (QED) is 0.925. The minimum Gasteiger partial charge on any atom is -0.359 e. The maximum Gasteiger partial charge on any atom is 0.151 e. The summed E-state index contributed by atoms with van der Waals surface area (Å²) in [5, 5.41) is 7.66. The first-order chi connectivity index (χ1) is 9.88. The van der Waals surface area contributed by atoms with Crippen LogP contribution in [0.25, 0.3) is 11.3 Å². The second-order valence-electron chi connectivity index (χ2n) is 5.92. The summed E-state index contributed by atoms with van der Waals surface area (Å²) < 4.78 is 5.50. The molecule has 1 aromatic carbocycles. The van der Waals surface area contributed by atoms with Crippen molar-refractivity contribution in [3.05, 3.63) is 42.2 Å². The Bertz CT molecular complexity index is 568. The summed E-state index contributed by atoms with van der Waals surface area (Å²) in [6.07, 6.45) is 0. The molecule has 4 nitrogen and oxygen atoms in total. The van der Waals surface area contributed by atoms with Crippen LogP contribution in [0.3, 0.4) is 0 Å². The van der Waals surface area contributed by atoms with Gasteiger partial charge in [-0.15, -0.1) is 0 Å². The fourth-order valence-electron chi connectivity index (χ4n) is 3.43. The van der Waals surface area contributed by atoms with Crippen molar-refractivity contribution in [3.8, 4) is 11.3 Å². The standard InChI is InChI=1S/C16H19N3O/c1-2-4-12(5-3-1)16-6-15(20-18-16)11-19-9-13-7-17-8-14(13)10-19/h1-6,13-14,17H,7-11H2/t13-,14+. The first-order valence-electron chi connectivity index (χ1n) is 7.32. The molecule has 0 bridgehead atoms. The zero-order valence-electron chi connectivity index (χ0n) is 11.5. The van der Waals surface area contributed by atoms with Gasteiger partial charge in [0.25, 0.3) is 0 Å². The van der Waals surface area contributed by atoms with Gasteiger partial charge < -0.3 is 9.84 Å². The monoisotopic (exact) mass is 269 g/mol. The molecule has 4 rings (SSSR count). The average molecular weight is 269 g/mol. The number of hydrogen-bond acceptors (Lipinski definition) is 4. The van der Waals surface area contributed by atoms with E-state index < -0.39 is 0 Å². The van der Waals surface area contributed by atoms with Crippen LogP contribution in [0.15, 0.2) is 40.9 Å². The highest BCUT2D eigenvalue weighted by Crippen LogP contribution is 2.28. The number of benzene rings is 1. The maximum atomic E-state index is 5.50. The largest absolute Gasteiger partial charge is 0.359 e. The van der Waals surface area contributed by atoms with Crippen LogP contribution in [0.2, 0.25) is 0 Å².